The molecule has 2 aromatic heterocycles. The molecule has 3 heterocycles. The SMILES string of the molecule is Cc1cc(C(=O)N2CCCN(Cc3ccco3)CC2)oc1C. The molecule has 1 fully saturated rings. The summed E-state index contributed by atoms with van der Waals surface area (Å²) in [6.45, 7) is 7.97. The fourth-order valence-electron chi connectivity index (χ4n) is 2.79. The molecule has 0 aromatic carbocycles. The lowest BCUT2D eigenvalue weighted by atomic mass is 10.2. The third kappa shape index (κ3) is 3.25. The highest BCUT2D eigenvalue weighted by Gasteiger charge is 2.23. The summed E-state index contributed by atoms with van der Waals surface area (Å²) in [5.41, 5.74) is 1.03. The van der Waals surface area contributed by atoms with Gasteiger partial charge in [0.15, 0.2) is 5.76 Å². The molecule has 0 aliphatic carbocycles. The molecule has 5 nitrogen and oxygen atoms in total. The third-order valence-electron chi connectivity index (χ3n) is 4.21. The number of hydrogen-bond acceptors (Lipinski definition) is 4. The van der Waals surface area contributed by atoms with Crippen molar-refractivity contribution < 1.29 is 13.6 Å². The molecular formula is C17H22N2O3. The molecule has 0 saturated carbocycles. The van der Waals surface area contributed by atoms with Crippen LogP contribution in [0.2, 0.25) is 0 Å². The lowest BCUT2D eigenvalue weighted by Gasteiger charge is -2.20. The predicted molar refractivity (Wildman–Crippen MR) is 82.7 cm³/mol. The van der Waals surface area contributed by atoms with E-state index in [0.29, 0.717) is 5.76 Å². The molecule has 5 heteroatoms. The standard InChI is InChI=1S/C17H22N2O3/c1-13-11-16(22-14(13)2)17(20)19-7-4-6-18(8-9-19)12-15-5-3-10-21-15/h3,5,10-11H,4,6-9,12H2,1-2H3. The third-order valence-corrected chi connectivity index (χ3v) is 4.21. The van der Waals surface area contributed by atoms with Gasteiger partial charge in [-0.3, -0.25) is 9.69 Å². The predicted octanol–water partition coefficient (Wildman–Crippen LogP) is 2.84. The van der Waals surface area contributed by atoms with Crippen LogP contribution in [0.1, 0.15) is 34.1 Å². The average molecular weight is 302 g/mol. The Balaban J connectivity index is 1.61. The number of carbonyl (C=O) groups excluding carboxylic acids is 1. The van der Waals surface area contributed by atoms with Gasteiger partial charge in [-0.1, -0.05) is 0 Å². The zero-order valence-electron chi connectivity index (χ0n) is 13.2. The first kappa shape index (κ1) is 14.9. The summed E-state index contributed by atoms with van der Waals surface area (Å²) >= 11 is 0. The molecule has 2 aromatic rings. The van der Waals surface area contributed by atoms with Crippen LogP contribution < -0.4 is 0 Å². The fraction of sp³-hybridized carbons (Fsp3) is 0.471. The molecule has 0 N–H and O–H groups in total. The molecule has 0 radical (unpaired) electrons. The van der Waals surface area contributed by atoms with Gasteiger partial charge in [0, 0.05) is 26.2 Å². The quantitative estimate of drug-likeness (QED) is 0.875. The first-order chi connectivity index (χ1) is 10.6. The molecule has 1 saturated heterocycles. The van der Waals surface area contributed by atoms with E-state index in [1.54, 1.807) is 6.26 Å². The minimum atomic E-state index is -0.00366. The second-order valence-electron chi connectivity index (χ2n) is 5.85. The van der Waals surface area contributed by atoms with Crippen LogP contribution in [0.15, 0.2) is 33.3 Å². The summed E-state index contributed by atoms with van der Waals surface area (Å²) in [4.78, 5) is 16.7. The van der Waals surface area contributed by atoms with E-state index in [2.05, 4.69) is 4.90 Å². The molecule has 0 spiro atoms. The van der Waals surface area contributed by atoms with E-state index in [0.717, 1.165) is 56.2 Å². The zero-order valence-corrected chi connectivity index (χ0v) is 13.2. The first-order valence-corrected chi connectivity index (χ1v) is 7.74. The number of nitrogens with zero attached hydrogens (tertiary/aromatic N) is 2. The van der Waals surface area contributed by atoms with Crippen LogP contribution in [0, 0.1) is 13.8 Å². The molecule has 3 rings (SSSR count). The van der Waals surface area contributed by atoms with E-state index < -0.39 is 0 Å². The van der Waals surface area contributed by atoms with Gasteiger partial charge in [-0.25, -0.2) is 0 Å². The van der Waals surface area contributed by atoms with Crippen LogP contribution in [-0.2, 0) is 6.54 Å². The van der Waals surface area contributed by atoms with Gasteiger partial charge in [0.25, 0.3) is 5.91 Å². The maximum atomic E-state index is 12.5. The summed E-state index contributed by atoms with van der Waals surface area (Å²) < 4.78 is 11.0. The number of rotatable bonds is 3. The van der Waals surface area contributed by atoms with E-state index >= 15 is 0 Å². The highest BCUT2D eigenvalue weighted by atomic mass is 16.4. The lowest BCUT2D eigenvalue weighted by Crippen LogP contribution is -2.34. The number of aryl methyl sites for hydroxylation is 2. The maximum Gasteiger partial charge on any atom is 0.289 e. The topological polar surface area (TPSA) is 49.8 Å². The smallest absolute Gasteiger partial charge is 0.289 e. The van der Waals surface area contributed by atoms with Crippen LogP contribution in [-0.4, -0.2) is 41.9 Å². The van der Waals surface area contributed by atoms with Crippen molar-refractivity contribution in [1.82, 2.24) is 9.80 Å². The van der Waals surface area contributed by atoms with E-state index in [1.807, 2.05) is 36.9 Å². The van der Waals surface area contributed by atoms with Gasteiger partial charge < -0.3 is 13.7 Å². The summed E-state index contributed by atoms with van der Waals surface area (Å²) in [7, 11) is 0. The minimum absolute atomic E-state index is 0.00366. The Kier molecular flexibility index (Phi) is 4.34. The zero-order chi connectivity index (χ0) is 15.5. The average Bonchev–Trinajstić information content (AvgIpc) is 3.04. The van der Waals surface area contributed by atoms with Gasteiger partial charge in [-0.2, -0.15) is 0 Å². The molecule has 0 unspecified atom stereocenters. The Morgan fingerprint density at radius 3 is 2.77 bits per heavy atom. The van der Waals surface area contributed by atoms with Crippen LogP contribution in [0.3, 0.4) is 0 Å². The van der Waals surface area contributed by atoms with Crippen molar-refractivity contribution in [2.24, 2.45) is 0 Å². The van der Waals surface area contributed by atoms with Gasteiger partial charge in [-0.15, -0.1) is 0 Å². The van der Waals surface area contributed by atoms with Gasteiger partial charge in [-0.05, 0) is 44.0 Å². The second-order valence-corrected chi connectivity index (χ2v) is 5.85. The molecule has 22 heavy (non-hydrogen) atoms. The van der Waals surface area contributed by atoms with Crippen molar-refractivity contribution >= 4 is 5.91 Å². The highest BCUT2D eigenvalue weighted by Crippen LogP contribution is 2.17. The van der Waals surface area contributed by atoms with E-state index in [1.165, 1.54) is 0 Å². The molecule has 1 aliphatic rings. The molecule has 0 bridgehead atoms. The minimum Gasteiger partial charge on any atom is -0.468 e. The van der Waals surface area contributed by atoms with Crippen LogP contribution in [0.5, 0.6) is 0 Å². The monoisotopic (exact) mass is 302 g/mol. The maximum absolute atomic E-state index is 12.5. The van der Waals surface area contributed by atoms with Crippen molar-refractivity contribution in [2.45, 2.75) is 26.8 Å². The molecular weight excluding hydrogens is 280 g/mol. The van der Waals surface area contributed by atoms with Crippen molar-refractivity contribution in [3.05, 3.63) is 47.3 Å². The molecule has 0 atom stereocenters. The number of amides is 1. The highest BCUT2D eigenvalue weighted by molar-refractivity contribution is 5.91. The van der Waals surface area contributed by atoms with E-state index in [4.69, 9.17) is 8.83 Å². The largest absolute Gasteiger partial charge is 0.468 e. The van der Waals surface area contributed by atoms with Crippen LogP contribution in [0.4, 0.5) is 0 Å². The Morgan fingerprint density at radius 2 is 2.09 bits per heavy atom. The van der Waals surface area contributed by atoms with Gasteiger partial charge >= 0.3 is 0 Å². The van der Waals surface area contributed by atoms with Gasteiger partial charge in [0.1, 0.15) is 11.5 Å². The fourth-order valence-corrected chi connectivity index (χ4v) is 2.79. The van der Waals surface area contributed by atoms with E-state index in [-0.39, 0.29) is 5.91 Å². The Bertz CT molecular complexity index is 611. The lowest BCUT2D eigenvalue weighted by molar-refractivity contribution is 0.0727. The Labute approximate surface area is 130 Å². The van der Waals surface area contributed by atoms with Crippen LogP contribution in [0.25, 0.3) is 0 Å². The molecule has 1 aliphatic heterocycles. The van der Waals surface area contributed by atoms with Crippen molar-refractivity contribution in [3.8, 4) is 0 Å². The summed E-state index contributed by atoms with van der Waals surface area (Å²) in [5.74, 6) is 2.24. The van der Waals surface area contributed by atoms with E-state index in [9.17, 15) is 4.79 Å². The summed E-state index contributed by atoms with van der Waals surface area (Å²) in [6, 6.07) is 5.73. The second kappa shape index (κ2) is 6.40. The van der Waals surface area contributed by atoms with Crippen molar-refractivity contribution in [3.63, 3.8) is 0 Å². The Hall–Kier alpha value is -2.01. The Morgan fingerprint density at radius 1 is 1.23 bits per heavy atom. The van der Waals surface area contributed by atoms with Gasteiger partial charge in [0.2, 0.25) is 0 Å². The number of furan rings is 2. The molecule has 1 amide bonds. The normalized spacial score (nSPS) is 16.7. The summed E-state index contributed by atoms with van der Waals surface area (Å²) in [5, 5.41) is 0. The number of carbonyl (C=O) groups is 1. The first-order valence-electron chi connectivity index (χ1n) is 7.74. The van der Waals surface area contributed by atoms with Crippen molar-refractivity contribution in [2.75, 3.05) is 26.2 Å². The summed E-state index contributed by atoms with van der Waals surface area (Å²) in [6.07, 6.45) is 2.66. The van der Waals surface area contributed by atoms with Crippen molar-refractivity contribution in [1.29, 1.82) is 0 Å². The van der Waals surface area contributed by atoms with Gasteiger partial charge in [0.05, 0.1) is 12.8 Å². The number of hydrogen-bond donors (Lipinski definition) is 0. The molecule has 118 valence electrons. The van der Waals surface area contributed by atoms with Crippen LogP contribution >= 0.6 is 0 Å².